The summed E-state index contributed by atoms with van der Waals surface area (Å²) in [4.78, 5) is 0.0778. The summed E-state index contributed by atoms with van der Waals surface area (Å²) in [5, 5.41) is 9.40. The van der Waals surface area contributed by atoms with E-state index in [0.717, 1.165) is 25.7 Å². The van der Waals surface area contributed by atoms with Gasteiger partial charge in [0, 0.05) is 6.04 Å². The van der Waals surface area contributed by atoms with E-state index in [0.29, 0.717) is 5.02 Å². The van der Waals surface area contributed by atoms with Crippen molar-refractivity contribution in [3.8, 4) is 6.07 Å². The maximum Gasteiger partial charge on any atom is 0.244 e. The van der Waals surface area contributed by atoms with Crippen LogP contribution in [0.4, 0.5) is 0 Å². The van der Waals surface area contributed by atoms with Crippen LogP contribution in [0.25, 0.3) is 0 Å². The molecule has 1 aliphatic rings. The lowest BCUT2D eigenvalue weighted by Crippen LogP contribution is -2.39. The predicted octanol–water partition coefficient (Wildman–Crippen LogP) is 3.45. The molecule has 7 heteroatoms. The van der Waals surface area contributed by atoms with E-state index in [1.165, 1.54) is 22.5 Å². The normalized spacial score (nSPS) is 16.5. The van der Waals surface area contributed by atoms with E-state index in [1.807, 2.05) is 6.07 Å². The van der Waals surface area contributed by atoms with Gasteiger partial charge in [-0.1, -0.05) is 36.0 Å². The van der Waals surface area contributed by atoms with Gasteiger partial charge in [0.05, 0.1) is 21.0 Å². The Morgan fingerprint density at radius 2 is 1.90 bits per heavy atom. The van der Waals surface area contributed by atoms with Gasteiger partial charge in [-0.05, 0) is 31.0 Å². The summed E-state index contributed by atoms with van der Waals surface area (Å²) in [6.07, 6.45) is 3.57. The van der Waals surface area contributed by atoms with E-state index in [2.05, 4.69) is 0 Å². The average Bonchev–Trinajstić information content (AvgIpc) is 2.92. The lowest BCUT2D eigenvalue weighted by Gasteiger charge is -2.25. The molecule has 2 rings (SSSR count). The minimum Gasteiger partial charge on any atom is -0.207 e. The van der Waals surface area contributed by atoms with Crippen LogP contribution in [0, 0.1) is 11.3 Å². The van der Waals surface area contributed by atoms with Gasteiger partial charge in [0.1, 0.15) is 6.54 Å². The Morgan fingerprint density at radius 1 is 1.25 bits per heavy atom. The summed E-state index contributed by atoms with van der Waals surface area (Å²) in [7, 11) is -3.72. The highest BCUT2D eigenvalue weighted by molar-refractivity contribution is 7.89. The molecule has 20 heavy (non-hydrogen) atoms. The highest BCUT2D eigenvalue weighted by atomic mass is 35.5. The summed E-state index contributed by atoms with van der Waals surface area (Å²) in [5.41, 5.74) is 0. The van der Waals surface area contributed by atoms with Crippen molar-refractivity contribution in [2.75, 3.05) is 6.54 Å². The maximum absolute atomic E-state index is 12.6. The first-order valence-corrected chi connectivity index (χ1v) is 8.50. The van der Waals surface area contributed by atoms with E-state index >= 15 is 0 Å². The number of hydrogen-bond donors (Lipinski definition) is 0. The molecular weight excluding hydrogens is 319 g/mol. The molecule has 0 heterocycles. The molecule has 0 saturated heterocycles. The molecule has 108 valence electrons. The van der Waals surface area contributed by atoms with Crippen molar-refractivity contribution in [1.29, 1.82) is 5.26 Å². The Labute approximate surface area is 128 Å². The van der Waals surface area contributed by atoms with Crippen molar-refractivity contribution < 1.29 is 8.42 Å². The molecule has 0 aliphatic heterocycles. The second-order valence-corrected chi connectivity index (χ2v) is 7.43. The molecule has 1 fully saturated rings. The fourth-order valence-corrected chi connectivity index (χ4v) is 4.42. The summed E-state index contributed by atoms with van der Waals surface area (Å²) < 4.78 is 26.6. The number of hydrogen-bond acceptors (Lipinski definition) is 3. The molecule has 0 amide bonds. The van der Waals surface area contributed by atoms with Gasteiger partial charge in [-0.25, -0.2) is 8.42 Å². The molecule has 0 bridgehead atoms. The number of sulfonamides is 1. The van der Waals surface area contributed by atoms with Crippen molar-refractivity contribution in [3.05, 3.63) is 28.2 Å². The second-order valence-electron chi connectivity index (χ2n) is 4.72. The zero-order valence-electron chi connectivity index (χ0n) is 10.7. The van der Waals surface area contributed by atoms with Gasteiger partial charge in [-0.3, -0.25) is 0 Å². The van der Waals surface area contributed by atoms with Crippen molar-refractivity contribution in [1.82, 2.24) is 4.31 Å². The lowest BCUT2D eigenvalue weighted by molar-refractivity contribution is 0.350. The molecule has 1 aromatic carbocycles. The van der Waals surface area contributed by atoms with Crippen molar-refractivity contribution >= 4 is 33.2 Å². The number of rotatable bonds is 4. The third kappa shape index (κ3) is 3.09. The van der Waals surface area contributed by atoms with E-state index in [9.17, 15) is 8.42 Å². The summed E-state index contributed by atoms with van der Waals surface area (Å²) in [5.74, 6) is 0. The summed E-state index contributed by atoms with van der Waals surface area (Å²) in [6, 6.07) is 6.04. The Morgan fingerprint density at radius 3 is 2.45 bits per heavy atom. The number of benzene rings is 1. The standard InChI is InChI=1S/C13H14Cl2N2O2S/c14-12-6-5-11(9-13(12)15)20(18,19)17(8-7-16)10-3-1-2-4-10/h5-6,9-10H,1-4,8H2. The Bertz CT molecular complexity index is 634. The van der Waals surface area contributed by atoms with Crippen LogP contribution in [0.5, 0.6) is 0 Å². The van der Waals surface area contributed by atoms with Crippen LogP contribution in [-0.4, -0.2) is 25.3 Å². The SMILES string of the molecule is N#CCN(C1CCCC1)S(=O)(=O)c1ccc(Cl)c(Cl)c1. The molecular formula is C13H14Cl2N2O2S. The second kappa shape index (κ2) is 6.31. The molecule has 0 unspecified atom stereocenters. The number of nitrogens with zero attached hydrogens (tertiary/aromatic N) is 2. The van der Waals surface area contributed by atoms with Gasteiger partial charge in [-0.2, -0.15) is 9.57 Å². The van der Waals surface area contributed by atoms with Crippen molar-refractivity contribution in [3.63, 3.8) is 0 Å². The Kier molecular flexibility index (Phi) is 4.92. The fourth-order valence-electron chi connectivity index (χ4n) is 2.44. The van der Waals surface area contributed by atoms with E-state index in [4.69, 9.17) is 28.5 Å². The molecule has 0 radical (unpaired) electrons. The quantitative estimate of drug-likeness (QED) is 0.793. The molecule has 1 aromatic rings. The highest BCUT2D eigenvalue weighted by Crippen LogP contribution is 2.31. The average molecular weight is 333 g/mol. The topological polar surface area (TPSA) is 61.2 Å². The van der Waals surface area contributed by atoms with Crippen LogP contribution in [0.2, 0.25) is 10.0 Å². The number of halogens is 2. The molecule has 0 N–H and O–H groups in total. The monoisotopic (exact) mass is 332 g/mol. The summed E-state index contributed by atoms with van der Waals surface area (Å²) in [6.45, 7) is -0.146. The number of nitriles is 1. The molecule has 0 aromatic heterocycles. The lowest BCUT2D eigenvalue weighted by atomic mass is 10.2. The molecule has 0 atom stereocenters. The van der Waals surface area contributed by atoms with Gasteiger partial charge in [0.25, 0.3) is 0 Å². The van der Waals surface area contributed by atoms with E-state index < -0.39 is 10.0 Å². The van der Waals surface area contributed by atoms with Crippen LogP contribution in [0.3, 0.4) is 0 Å². The van der Waals surface area contributed by atoms with E-state index in [-0.39, 0.29) is 22.5 Å². The first-order chi connectivity index (χ1) is 9.46. The highest BCUT2D eigenvalue weighted by Gasteiger charge is 2.33. The van der Waals surface area contributed by atoms with Gasteiger partial charge in [0.2, 0.25) is 10.0 Å². The Hall–Kier alpha value is -0.800. The fraction of sp³-hybridized carbons (Fsp3) is 0.462. The molecule has 0 spiro atoms. The molecule has 1 saturated carbocycles. The smallest absolute Gasteiger partial charge is 0.207 e. The van der Waals surface area contributed by atoms with Gasteiger partial charge in [0.15, 0.2) is 0 Å². The minimum absolute atomic E-state index is 0.0778. The maximum atomic E-state index is 12.6. The first kappa shape index (κ1) is 15.6. The Balaban J connectivity index is 2.39. The van der Waals surface area contributed by atoms with Crippen LogP contribution >= 0.6 is 23.2 Å². The molecule has 1 aliphatic carbocycles. The van der Waals surface area contributed by atoms with Crippen LogP contribution in [0.1, 0.15) is 25.7 Å². The van der Waals surface area contributed by atoms with Gasteiger partial charge in [-0.15, -0.1) is 0 Å². The summed E-state index contributed by atoms with van der Waals surface area (Å²) >= 11 is 11.7. The van der Waals surface area contributed by atoms with Gasteiger partial charge >= 0.3 is 0 Å². The molecule has 4 nitrogen and oxygen atoms in total. The van der Waals surface area contributed by atoms with Crippen LogP contribution in [0.15, 0.2) is 23.1 Å². The predicted molar refractivity (Wildman–Crippen MR) is 78.2 cm³/mol. The third-order valence-corrected chi connectivity index (χ3v) is 6.09. The zero-order valence-corrected chi connectivity index (χ0v) is 13.0. The zero-order chi connectivity index (χ0) is 14.8. The van der Waals surface area contributed by atoms with Crippen molar-refractivity contribution in [2.45, 2.75) is 36.6 Å². The van der Waals surface area contributed by atoms with E-state index in [1.54, 1.807) is 0 Å². The van der Waals surface area contributed by atoms with Crippen LogP contribution in [-0.2, 0) is 10.0 Å². The third-order valence-electron chi connectivity index (χ3n) is 3.46. The van der Waals surface area contributed by atoms with Crippen LogP contribution < -0.4 is 0 Å². The van der Waals surface area contributed by atoms with Gasteiger partial charge < -0.3 is 0 Å². The van der Waals surface area contributed by atoms with Crippen molar-refractivity contribution in [2.24, 2.45) is 0 Å². The first-order valence-electron chi connectivity index (χ1n) is 6.30. The largest absolute Gasteiger partial charge is 0.244 e. The minimum atomic E-state index is -3.72.